The third-order valence-electron chi connectivity index (χ3n) is 8.71. The number of hydrogen-bond donors (Lipinski definition) is 2. The van der Waals surface area contributed by atoms with Crippen molar-refractivity contribution in [3.8, 4) is 0 Å². The standard InChI is InChI=1S/C34H37F4N3O2/c1-3-22-13-18-26(20-28(22)34(36,37)38)40-32(42)27-11-7-19-41(33(43)30-21(2)8-6-12-29(30)35)31(27)23-14-16-25(17-15-23)39-24-9-4-5-10-24/h6,8,12-18,20,24,27,31,39H,3-5,7,9-11,19H2,1-2H3,(H,40,42)/t27-,31-/m0/s1. The number of carbonyl (C=O) groups is 2. The van der Waals surface area contributed by atoms with Crippen molar-refractivity contribution in [2.75, 3.05) is 17.2 Å². The molecule has 0 radical (unpaired) electrons. The van der Waals surface area contributed by atoms with Crippen LogP contribution in [-0.2, 0) is 17.4 Å². The van der Waals surface area contributed by atoms with Gasteiger partial charge in [-0.2, -0.15) is 13.2 Å². The third-order valence-corrected chi connectivity index (χ3v) is 8.71. The maximum atomic E-state index is 14.9. The third kappa shape index (κ3) is 6.71. The van der Waals surface area contributed by atoms with Crippen molar-refractivity contribution in [2.45, 2.75) is 77.1 Å². The Bertz CT molecular complexity index is 1450. The van der Waals surface area contributed by atoms with Crippen molar-refractivity contribution in [1.29, 1.82) is 0 Å². The Balaban J connectivity index is 1.48. The predicted molar refractivity (Wildman–Crippen MR) is 159 cm³/mol. The first kappa shape index (κ1) is 30.6. The minimum absolute atomic E-state index is 0.0396. The van der Waals surface area contributed by atoms with E-state index in [0.29, 0.717) is 36.6 Å². The maximum absolute atomic E-state index is 14.9. The second kappa shape index (κ2) is 12.8. The zero-order valence-corrected chi connectivity index (χ0v) is 24.4. The minimum Gasteiger partial charge on any atom is -0.382 e. The number of carbonyl (C=O) groups excluding carboxylic acids is 2. The Morgan fingerprint density at radius 2 is 1.63 bits per heavy atom. The first-order chi connectivity index (χ1) is 20.6. The van der Waals surface area contributed by atoms with Crippen molar-refractivity contribution >= 4 is 23.2 Å². The van der Waals surface area contributed by atoms with Gasteiger partial charge in [0.2, 0.25) is 5.91 Å². The van der Waals surface area contributed by atoms with Crippen molar-refractivity contribution in [3.63, 3.8) is 0 Å². The number of aryl methyl sites for hydroxylation is 2. The summed E-state index contributed by atoms with van der Waals surface area (Å²) in [6.07, 6.45) is 1.12. The summed E-state index contributed by atoms with van der Waals surface area (Å²) in [5.41, 5.74) is 1.48. The molecule has 9 heteroatoms. The van der Waals surface area contributed by atoms with Gasteiger partial charge in [-0.3, -0.25) is 9.59 Å². The van der Waals surface area contributed by atoms with E-state index in [1.807, 2.05) is 24.3 Å². The highest BCUT2D eigenvalue weighted by Crippen LogP contribution is 2.40. The fourth-order valence-electron chi connectivity index (χ4n) is 6.50. The van der Waals surface area contributed by atoms with Gasteiger partial charge >= 0.3 is 6.18 Å². The van der Waals surface area contributed by atoms with Crippen LogP contribution in [0, 0.1) is 18.7 Å². The van der Waals surface area contributed by atoms with Crippen LogP contribution in [0.1, 0.15) is 84.1 Å². The molecule has 228 valence electrons. The second-order valence-corrected chi connectivity index (χ2v) is 11.6. The van der Waals surface area contributed by atoms with Gasteiger partial charge in [0.25, 0.3) is 5.91 Å². The number of benzene rings is 3. The maximum Gasteiger partial charge on any atom is 0.416 e. The number of halogens is 4. The number of rotatable bonds is 7. The average molecular weight is 596 g/mol. The molecule has 1 saturated carbocycles. The van der Waals surface area contributed by atoms with Crippen molar-refractivity contribution in [1.82, 2.24) is 4.90 Å². The van der Waals surface area contributed by atoms with Gasteiger partial charge in [0.15, 0.2) is 0 Å². The van der Waals surface area contributed by atoms with Crippen molar-refractivity contribution in [2.24, 2.45) is 5.92 Å². The smallest absolute Gasteiger partial charge is 0.382 e. The van der Waals surface area contributed by atoms with E-state index in [-0.39, 0.29) is 23.2 Å². The lowest BCUT2D eigenvalue weighted by Gasteiger charge is -2.41. The lowest BCUT2D eigenvalue weighted by molar-refractivity contribution is -0.138. The van der Waals surface area contributed by atoms with Crippen LogP contribution in [0.3, 0.4) is 0 Å². The summed E-state index contributed by atoms with van der Waals surface area (Å²) < 4.78 is 56.1. The zero-order chi connectivity index (χ0) is 30.7. The molecule has 5 nitrogen and oxygen atoms in total. The summed E-state index contributed by atoms with van der Waals surface area (Å²) in [5, 5.41) is 6.23. The molecule has 1 aliphatic carbocycles. The predicted octanol–water partition coefficient (Wildman–Crippen LogP) is 8.30. The number of piperidine rings is 1. The summed E-state index contributed by atoms with van der Waals surface area (Å²) in [6, 6.07) is 15.5. The monoisotopic (exact) mass is 595 g/mol. The van der Waals surface area contributed by atoms with Crippen LogP contribution in [0.5, 0.6) is 0 Å². The molecule has 1 heterocycles. The van der Waals surface area contributed by atoms with Crippen LogP contribution in [0.15, 0.2) is 60.7 Å². The molecular formula is C34H37F4N3O2. The van der Waals surface area contributed by atoms with E-state index in [0.717, 1.165) is 24.6 Å². The normalized spacial score (nSPS) is 19.3. The molecule has 1 aliphatic heterocycles. The SMILES string of the molecule is CCc1ccc(NC(=O)[C@H]2CCCN(C(=O)c3c(C)cccc3F)[C@H]2c2ccc(NC3CCCC3)cc2)cc1C(F)(F)F. The first-order valence-corrected chi connectivity index (χ1v) is 15.0. The Labute approximate surface area is 249 Å². The Kier molecular flexibility index (Phi) is 9.08. The zero-order valence-electron chi connectivity index (χ0n) is 24.4. The minimum atomic E-state index is -4.56. The summed E-state index contributed by atoms with van der Waals surface area (Å²) >= 11 is 0. The number of nitrogens with one attached hydrogen (secondary N) is 2. The van der Waals surface area contributed by atoms with Crippen LogP contribution in [0.4, 0.5) is 28.9 Å². The van der Waals surface area contributed by atoms with E-state index in [4.69, 9.17) is 0 Å². The average Bonchev–Trinajstić information content (AvgIpc) is 3.49. The van der Waals surface area contributed by atoms with Gasteiger partial charge in [-0.05, 0) is 86.1 Å². The fraction of sp³-hybridized carbons (Fsp3) is 0.412. The highest BCUT2D eigenvalue weighted by Gasteiger charge is 2.41. The first-order valence-electron chi connectivity index (χ1n) is 15.0. The van der Waals surface area contributed by atoms with Gasteiger partial charge in [-0.1, -0.05) is 50.1 Å². The molecule has 2 amide bonds. The largest absolute Gasteiger partial charge is 0.416 e. The molecule has 3 aromatic rings. The van der Waals surface area contributed by atoms with E-state index in [2.05, 4.69) is 10.6 Å². The molecular weight excluding hydrogens is 558 g/mol. The lowest BCUT2D eigenvalue weighted by Crippen LogP contribution is -2.46. The molecule has 2 aliphatic rings. The van der Waals surface area contributed by atoms with Crippen LogP contribution in [-0.4, -0.2) is 29.3 Å². The molecule has 2 fully saturated rings. The number of alkyl halides is 3. The van der Waals surface area contributed by atoms with Gasteiger partial charge in [-0.25, -0.2) is 4.39 Å². The summed E-state index contributed by atoms with van der Waals surface area (Å²) in [5.74, 6) is -2.41. The van der Waals surface area contributed by atoms with Crippen LogP contribution < -0.4 is 10.6 Å². The van der Waals surface area contributed by atoms with Gasteiger partial charge in [-0.15, -0.1) is 0 Å². The molecule has 1 saturated heterocycles. The van der Waals surface area contributed by atoms with E-state index in [1.165, 1.54) is 31.0 Å². The topological polar surface area (TPSA) is 61.4 Å². The molecule has 3 aromatic carbocycles. The molecule has 5 rings (SSSR count). The molecule has 2 atom stereocenters. The quantitative estimate of drug-likeness (QED) is 0.270. The molecule has 0 unspecified atom stereocenters. The summed E-state index contributed by atoms with van der Waals surface area (Å²) in [4.78, 5) is 29.2. The lowest BCUT2D eigenvalue weighted by atomic mass is 9.83. The fourth-order valence-corrected chi connectivity index (χ4v) is 6.50. The van der Waals surface area contributed by atoms with Gasteiger partial charge in [0.1, 0.15) is 5.82 Å². The molecule has 2 N–H and O–H groups in total. The van der Waals surface area contributed by atoms with Crippen LogP contribution in [0.2, 0.25) is 0 Å². The van der Waals surface area contributed by atoms with Crippen LogP contribution >= 0.6 is 0 Å². The number of likely N-dealkylation sites (tertiary alicyclic amines) is 1. The highest BCUT2D eigenvalue weighted by molar-refractivity contribution is 5.98. The van der Waals surface area contributed by atoms with Gasteiger partial charge in [0.05, 0.1) is 23.1 Å². The summed E-state index contributed by atoms with van der Waals surface area (Å²) in [7, 11) is 0. The molecule has 43 heavy (non-hydrogen) atoms. The Morgan fingerprint density at radius 1 is 0.930 bits per heavy atom. The van der Waals surface area contributed by atoms with E-state index in [9.17, 15) is 27.2 Å². The van der Waals surface area contributed by atoms with Crippen molar-refractivity contribution < 1.29 is 27.2 Å². The number of nitrogens with zero attached hydrogens (tertiary/aromatic N) is 1. The molecule has 0 aromatic heterocycles. The van der Waals surface area contributed by atoms with Gasteiger partial charge < -0.3 is 15.5 Å². The number of hydrogen-bond acceptors (Lipinski definition) is 3. The highest BCUT2D eigenvalue weighted by atomic mass is 19.4. The van der Waals surface area contributed by atoms with E-state index < -0.39 is 41.3 Å². The number of anilines is 2. The van der Waals surface area contributed by atoms with E-state index >= 15 is 0 Å². The molecule has 0 bridgehead atoms. The van der Waals surface area contributed by atoms with Crippen molar-refractivity contribution in [3.05, 3.63) is 94.3 Å². The molecule has 0 spiro atoms. The Morgan fingerprint density at radius 3 is 2.28 bits per heavy atom. The summed E-state index contributed by atoms with van der Waals surface area (Å²) in [6.45, 7) is 3.63. The van der Waals surface area contributed by atoms with Crippen LogP contribution in [0.25, 0.3) is 0 Å². The Hall–Kier alpha value is -3.88. The van der Waals surface area contributed by atoms with E-state index in [1.54, 1.807) is 30.9 Å². The second-order valence-electron chi connectivity index (χ2n) is 11.6. The number of amides is 2. The van der Waals surface area contributed by atoms with Gasteiger partial charge in [0, 0.05) is 24.0 Å².